The van der Waals surface area contributed by atoms with Gasteiger partial charge in [-0.05, 0) is 22.9 Å². The van der Waals surface area contributed by atoms with Gasteiger partial charge in [-0.3, -0.25) is 9.59 Å². The van der Waals surface area contributed by atoms with E-state index in [4.69, 9.17) is 16.3 Å². The number of esters is 1. The number of halogens is 1. The van der Waals surface area contributed by atoms with Gasteiger partial charge in [0.25, 0.3) is 5.91 Å². The van der Waals surface area contributed by atoms with Crippen LogP contribution in [0.15, 0.2) is 47.8 Å². The molecule has 2 aromatic heterocycles. The molecule has 2 heterocycles. The lowest BCUT2D eigenvalue weighted by Gasteiger charge is -2.16. The van der Waals surface area contributed by atoms with Crippen LogP contribution in [-0.4, -0.2) is 24.0 Å². The second kappa shape index (κ2) is 7.63. The number of nitrogens with zero attached hydrogens (tertiary/aromatic N) is 1. The largest absolute Gasteiger partial charge is 0.469 e. The fraction of sp³-hybridized carbons (Fsp3) is 0.167. The molecule has 0 aliphatic rings. The van der Waals surface area contributed by atoms with Crippen LogP contribution in [0, 0.1) is 0 Å². The smallest absolute Gasteiger partial charge is 0.307 e. The van der Waals surface area contributed by atoms with Crippen molar-refractivity contribution in [3.05, 3.63) is 63.6 Å². The van der Waals surface area contributed by atoms with Gasteiger partial charge < -0.3 is 10.1 Å². The molecule has 25 heavy (non-hydrogen) atoms. The van der Waals surface area contributed by atoms with E-state index in [1.807, 2.05) is 41.8 Å². The number of rotatable bonds is 5. The number of hydrogen-bond donors (Lipinski definition) is 1. The van der Waals surface area contributed by atoms with Crippen LogP contribution in [0.25, 0.3) is 10.8 Å². The summed E-state index contributed by atoms with van der Waals surface area (Å²) in [4.78, 5) is 29.3. The number of benzene rings is 1. The van der Waals surface area contributed by atoms with E-state index in [0.29, 0.717) is 0 Å². The van der Waals surface area contributed by atoms with E-state index in [1.54, 1.807) is 6.07 Å². The van der Waals surface area contributed by atoms with Gasteiger partial charge in [-0.25, -0.2) is 4.98 Å². The predicted molar refractivity (Wildman–Crippen MR) is 97.9 cm³/mol. The Balaban J connectivity index is 1.87. The zero-order valence-electron chi connectivity index (χ0n) is 13.4. The van der Waals surface area contributed by atoms with Crippen molar-refractivity contribution >= 4 is 45.6 Å². The second-order valence-electron chi connectivity index (χ2n) is 5.34. The Hall–Kier alpha value is -2.44. The van der Waals surface area contributed by atoms with Crippen molar-refractivity contribution in [3.8, 4) is 0 Å². The van der Waals surface area contributed by atoms with Crippen LogP contribution >= 0.6 is 22.9 Å². The first kappa shape index (κ1) is 17.4. The van der Waals surface area contributed by atoms with Crippen molar-refractivity contribution in [1.29, 1.82) is 0 Å². The first-order valence-corrected chi connectivity index (χ1v) is 8.80. The Morgan fingerprint density at radius 3 is 2.80 bits per heavy atom. The molecule has 128 valence electrons. The van der Waals surface area contributed by atoms with Gasteiger partial charge in [0.15, 0.2) is 0 Å². The molecule has 1 amide bonds. The summed E-state index contributed by atoms with van der Waals surface area (Å²) in [6, 6.07) is 12.4. The standard InChI is InChI=1S/C18H15ClN2O3S/c1-24-16(22)10-13(15-7-4-8-25-15)21-18(23)14-9-11-5-2-3-6-12(11)17(19)20-14/h2-9,13H,10H2,1H3,(H,21,23). The van der Waals surface area contributed by atoms with Gasteiger partial charge in [0.1, 0.15) is 10.8 Å². The highest BCUT2D eigenvalue weighted by atomic mass is 35.5. The maximum Gasteiger partial charge on any atom is 0.307 e. The fourth-order valence-electron chi connectivity index (χ4n) is 2.47. The minimum Gasteiger partial charge on any atom is -0.469 e. The van der Waals surface area contributed by atoms with Gasteiger partial charge in [-0.1, -0.05) is 41.9 Å². The summed E-state index contributed by atoms with van der Waals surface area (Å²) < 4.78 is 4.72. The lowest BCUT2D eigenvalue weighted by Crippen LogP contribution is -2.30. The van der Waals surface area contributed by atoms with Crippen LogP contribution < -0.4 is 5.32 Å². The van der Waals surface area contributed by atoms with E-state index in [0.717, 1.165) is 15.6 Å². The molecule has 1 aromatic carbocycles. The van der Waals surface area contributed by atoms with Crippen molar-refractivity contribution in [1.82, 2.24) is 10.3 Å². The number of carbonyl (C=O) groups is 2. The monoisotopic (exact) mass is 374 g/mol. The van der Waals surface area contributed by atoms with Crippen molar-refractivity contribution in [2.24, 2.45) is 0 Å². The lowest BCUT2D eigenvalue weighted by molar-refractivity contribution is -0.141. The molecule has 0 saturated heterocycles. The molecule has 1 unspecified atom stereocenters. The Kier molecular flexibility index (Phi) is 5.31. The molecule has 7 heteroatoms. The fourth-order valence-corrected chi connectivity index (χ4v) is 3.51. The normalized spacial score (nSPS) is 11.9. The first-order chi connectivity index (χ1) is 12.1. The second-order valence-corrected chi connectivity index (χ2v) is 6.68. The van der Waals surface area contributed by atoms with Gasteiger partial charge in [-0.2, -0.15) is 0 Å². The van der Waals surface area contributed by atoms with Gasteiger partial charge in [0, 0.05) is 10.3 Å². The van der Waals surface area contributed by atoms with Crippen LogP contribution in [0.2, 0.25) is 5.15 Å². The molecule has 1 atom stereocenters. The molecule has 0 fully saturated rings. The summed E-state index contributed by atoms with van der Waals surface area (Å²) in [6.45, 7) is 0. The Morgan fingerprint density at radius 2 is 2.08 bits per heavy atom. The van der Waals surface area contributed by atoms with Gasteiger partial charge in [-0.15, -0.1) is 11.3 Å². The third kappa shape index (κ3) is 3.97. The molecule has 0 saturated carbocycles. The number of fused-ring (bicyclic) bond motifs is 1. The highest BCUT2D eigenvalue weighted by Gasteiger charge is 2.21. The summed E-state index contributed by atoms with van der Waals surface area (Å²) in [5, 5.41) is 6.61. The average molecular weight is 375 g/mol. The molecule has 0 bridgehead atoms. The zero-order valence-corrected chi connectivity index (χ0v) is 14.9. The molecule has 0 aliphatic heterocycles. The van der Waals surface area contributed by atoms with Gasteiger partial charge in [0.2, 0.25) is 0 Å². The molecular formula is C18H15ClN2O3S. The maximum absolute atomic E-state index is 12.6. The van der Waals surface area contributed by atoms with E-state index in [1.165, 1.54) is 18.4 Å². The first-order valence-electron chi connectivity index (χ1n) is 7.55. The van der Waals surface area contributed by atoms with E-state index in [-0.39, 0.29) is 17.3 Å². The summed E-state index contributed by atoms with van der Waals surface area (Å²) in [5.41, 5.74) is 0.204. The van der Waals surface area contributed by atoms with Gasteiger partial charge >= 0.3 is 5.97 Å². The van der Waals surface area contributed by atoms with E-state index >= 15 is 0 Å². The SMILES string of the molecule is COC(=O)CC(NC(=O)c1cc2ccccc2c(Cl)n1)c1cccs1. The topological polar surface area (TPSA) is 68.3 Å². The van der Waals surface area contributed by atoms with E-state index < -0.39 is 17.9 Å². The molecule has 5 nitrogen and oxygen atoms in total. The lowest BCUT2D eigenvalue weighted by atomic mass is 10.1. The molecule has 0 aliphatic carbocycles. The van der Waals surface area contributed by atoms with Crippen LogP contribution in [0.4, 0.5) is 0 Å². The van der Waals surface area contributed by atoms with E-state index in [2.05, 4.69) is 10.3 Å². The van der Waals surface area contributed by atoms with Gasteiger partial charge in [0.05, 0.1) is 19.6 Å². The highest BCUT2D eigenvalue weighted by molar-refractivity contribution is 7.10. The quantitative estimate of drug-likeness (QED) is 0.541. The number of pyridine rings is 1. The van der Waals surface area contributed by atoms with Crippen molar-refractivity contribution in [3.63, 3.8) is 0 Å². The highest BCUT2D eigenvalue weighted by Crippen LogP contribution is 2.25. The third-order valence-corrected chi connectivity index (χ3v) is 4.99. The number of ether oxygens (including phenoxy) is 1. The summed E-state index contributed by atoms with van der Waals surface area (Å²) in [6.07, 6.45) is 0.0457. The molecule has 0 spiro atoms. The third-order valence-electron chi connectivity index (χ3n) is 3.72. The Morgan fingerprint density at radius 1 is 1.28 bits per heavy atom. The number of hydrogen-bond acceptors (Lipinski definition) is 5. The summed E-state index contributed by atoms with van der Waals surface area (Å²) in [7, 11) is 1.32. The van der Waals surface area contributed by atoms with Crippen LogP contribution in [0.1, 0.15) is 27.8 Å². The molecule has 3 rings (SSSR count). The number of amides is 1. The molecular weight excluding hydrogens is 360 g/mol. The van der Waals surface area contributed by atoms with Crippen molar-refractivity contribution < 1.29 is 14.3 Å². The summed E-state index contributed by atoms with van der Waals surface area (Å²) in [5.74, 6) is -0.793. The Bertz CT molecular complexity index is 912. The van der Waals surface area contributed by atoms with Crippen molar-refractivity contribution in [2.75, 3.05) is 7.11 Å². The van der Waals surface area contributed by atoms with E-state index in [9.17, 15) is 9.59 Å². The number of methoxy groups -OCH3 is 1. The van der Waals surface area contributed by atoms with Crippen LogP contribution in [-0.2, 0) is 9.53 Å². The Labute approximate surface area is 153 Å². The van der Waals surface area contributed by atoms with Crippen molar-refractivity contribution in [2.45, 2.75) is 12.5 Å². The maximum atomic E-state index is 12.6. The predicted octanol–water partition coefficient (Wildman–Crippen LogP) is 3.98. The average Bonchev–Trinajstić information content (AvgIpc) is 3.15. The number of nitrogens with one attached hydrogen (secondary N) is 1. The minimum atomic E-state index is -0.480. The van der Waals surface area contributed by atoms with Crippen LogP contribution in [0.5, 0.6) is 0 Å². The molecule has 3 aromatic rings. The minimum absolute atomic E-state index is 0.0457. The van der Waals surface area contributed by atoms with Crippen LogP contribution in [0.3, 0.4) is 0 Å². The number of aromatic nitrogens is 1. The number of carbonyl (C=O) groups excluding carboxylic acids is 2. The zero-order chi connectivity index (χ0) is 17.8. The number of thiophene rings is 1. The molecule has 0 radical (unpaired) electrons. The summed E-state index contributed by atoms with van der Waals surface area (Å²) >= 11 is 7.64. The molecule has 1 N–H and O–H groups in total.